The molecule has 9 aromatic rings. The highest BCUT2D eigenvalue weighted by Crippen LogP contribution is 2.40. The van der Waals surface area contributed by atoms with Gasteiger partial charge in [-0.1, -0.05) is 115 Å². The standard InChI is InChI=1S/C38H22/c1-2-7-31-23(4-1)14-18-33-32(31)17-15-24-8-10-27(21-35(24)33)28-11-12-29-20-30-13-9-25-5-3-6-26-16-19-34(36(29)22-28)38(30)37(25)26/h1-22H. The molecule has 0 aromatic heterocycles. The molecular formula is C38H22. The van der Waals surface area contributed by atoms with Crippen LogP contribution in [0.2, 0.25) is 0 Å². The Hall–Kier alpha value is -4.94. The highest BCUT2D eigenvalue weighted by Gasteiger charge is 2.12. The van der Waals surface area contributed by atoms with Gasteiger partial charge in [-0.15, -0.1) is 0 Å². The second-order valence-electron chi connectivity index (χ2n) is 10.6. The largest absolute Gasteiger partial charge is 0.0616 e. The topological polar surface area (TPSA) is 0 Å². The third-order valence-electron chi connectivity index (χ3n) is 8.54. The average Bonchev–Trinajstić information content (AvgIpc) is 2.98. The molecule has 0 nitrogen and oxygen atoms in total. The van der Waals surface area contributed by atoms with Gasteiger partial charge in [-0.2, -0.15) is 0 Å². The number of hydrogen-bond donors (Lipinski definition) is 0. The molecule has 0 heterocycles. The summed E-state index contributed by atoms with van der Waals surface area (Å²) >= 11 is 0. The molecule has 0 saturated carbocycles. The Bertz CT molecular complexity index is 2370. The van der Waals surface area contributed by atoms with E-state index in [-0.39, 0.29) is 0 Å². The molecule has 0 fully saturated rings. The van der Waals surface area contributed by atoms with Crippen LogP contribution in [0.4, 0.5) is 0 Å². The van der Waals surface area contributed by atoms with E-state index in [1.807, 2.05) is 0 Å². The SMILES string of the molecule is c1ccc2c(c1)ccc1c3cc(-c4ccc5cc6ccc7cccc8ccc(c5c4)c6c78)ccc3ccc21. The second-order valence-corrected chi connectivity index (χ2v) is 10.6. The highest BCUT2D eigenvalue weighted by atomic mass is 14.2. The minimum Gasteiger partial charge on any atom is -0.0616 e. The Kier molecular flexibility index (Phi) is 3.88. The lowest BCUT2D eigenvalue weighted by atomic mass is 9.89. The third kappa shape index (κ3) is 2.69. The van der Waals surface area contributed by atoms with Crippen LogP contribution >= 0.6 is 0 Å². The van der Waals surface area contributed by atoms with Gasteiger partial charge in [0.05, 0.1) is 0 Å². The number of benzene rings is 9. The smallest absolute Gasteiger partial charge is 0.00203 e. The van der Waals surface area contributed by atoms with Gasteiger partial charge >= 0.3 is 0 Å². The van der Waals surface area contributed by atoms with Gasteiger partial charge in [-0.25, -0.2) is 0 Å². The average molecular weight is 479 g/mol. The van der Waals surface area contributed by atoms with Crippen LogP contribution in [0.15, 0.2) is 133 Å². The van der Waals surface area contributed by atoms with Crippen LogP contribution in [0.1, 0.15) is 0 Å². The summed E-state index contributed by atoms with van der Waals surface area (Å²) in [6.07, 6.45) is 0. The summed E-state index contributed by atoms with van der Waals surface area (Å²) in [4.78, 5) is 0. The normalized spacial score (nSPS) is 12.2. The molecule has 0 spiro atoms. The predicted molar refractivity (Wildman–Crippen MR) is 166 cm³/mol. The Balaban J connectivity index is 1.32. The van der Waals surface area contributed by atoms with E-state index in [1.165, 1.54) is 86.5 Å². The lowest BCUT2D eigenvalue weighted by molar-refractivity contribution is 1.70. The van der Waals surface area contributed by atoms with Crippen LogP contribution in [0.5, 0.6) is 0 Å². The van der Waals surface area contributed by atoms with Crippen molar-refractivity contribution in [1.29, 1.82) is 0 Å². The fraction of sp³-hybridized carbons (Fsp3) is 0. The molecule has 0 N–H and O–H groups in total. The lowest BCUT2D eigenvalue weighted by Crippen LogP contribution is -1.87. The van der Waals surface area contributed by atoms with Crippen LogP contribution in [-0.4, -0.2) is 0 Å². The molecule has 0 heteroatoms. The zero-order valence-electron chi connectivity index (χ0n) is 20.7. The molecule has 0 unspecified atom stereocenters. The molecule has 38 heavy (non-hydrogen) atoms. The molecular weight excluding hydrogens is 456 g/mol. The van der Waals surface area contributed by atoms with Gasteiger partial charge in [-0.3, -0.25) is 0 Å². The maximum absolute atomic E-state index is 2.39. The van der Waals surface area contributed by atoms with Gasteiger partial charge in [0.2, 0.25) is 0 Å². The zero-order chi connectivity index (χ0) is 24.8. The van der Waals surface area contributed by atoms with Gasteiger partial charge < -0.3 is 0 Å². The molecule has 0 aliphatic heterocycles. The van der Waals surface area contributed by atoms with E-state index in [1.54, 1.807) is 0 Å². The summed E-state index contributed by atoms with van der Waals surface area (Å²) < 4.78 is 0. The molecule has 0 radical (unpaired) electrons. The molecule has 0 aliphatic rings. The first-order valence-electron chi connectivity index (χ1n) is 13.3. The van der Waals surface area contributed by atoms with Crippen molar-refractivity contribution < 1.29 is 0 Å². The fourth-order valence-electron chi connectivity index (χ4n) is 6.71. The van der Waals surface area contributed by atoms with E-state index in [2.05, 4.69) is 133 Å². The molecule has 0 aliphatic carbocycles. The first-order valence-corrected chi connectivity index (χ1v) is 13.3. The van der Waals surface area contributed by atoms with Gasteiger partial charge in [0.1, 0.15) is 0 Å². The van der Waals surface area contributed by atoms with Crippen molar-refractivity contribution in [2.75, 3.05) is 0 Å². The van der Waals surface area contributed by atoms with E-state index in [4.69, 9.17) is 0 Å². The van der Waals surface area contributed by atoms with Crippen LogP contribution in [0.3, 0.4) is 0 Å². The minimum absolute atomic E-state index is 1.26. The zero-order valence-corrected chi connectivity index (χ0v) is 20.7. The fourth-order valence-corrected chi connectivity index (χ4v) is 6.71. The van der Waals surface area contributed by atoms with Crippen LogP contribution < -0.4 is 0 Å². The van der Waals surface area contributed by atoms with Gasteiger partial charge in [0.25, 0.3) is 0 Å². The highest BCUT2D eigenvalue weighted by molar-refractivity contribution is 6.29. The van der Waals surface area contributed by atoms with Crippen LogP contribution in [0, 0.1) is 0 Å². The van der Waals surface area contributed by atoms with Crippen molar-refractivity contribution in [2.45, 2.75) is 0 Å². The number of hydrogen-bond acceptors (Lipinski definition) is 0. The minimum atomic E-state index is 1.26. The van der Waals surface area contributed by atoms with E-state index in [0.29, 0.717) is 0 Å². The summed E-state index contributed by atoms with van der Waals surface area (Å²) in [5.41, 5.74) is 2.51. The van der Waals surface area contributed by atoms with Crippen molar-refractivity contribution in [3.63, 3.8) is 0 Å². The molecule has 0 amide bonds. The Morgan fingerprint density at radius 3 is 1.58 bits per heavy atom. The lowest BCUT2D eigenvalue weighted by Gasteiger charge is -2.14. The van der Waals surface area contributed by atoms with Crippen molar-refractivity contribution in [2.24, 2.45) is 0 Å². The number of rotatable bonds is 1. The maximum Gasteiger partial charge on any atom is -0.00203 e. The monoisotopic (exact) mass is 478 g/mol. The summed E-state index contributed by atoms with van der Waals surface area (Å²) in [6, 6.07) is 49.7. The summed E-state index contributed by atoms with van der Waals surface area (Å²) in [5, 5.41) is 18.4. The van der Waals surface area contributed by atoms with Crippen molar-refractivity contribution in [3.8, 4) is 11.1 Å². The second kappa shape index (κ2) is 7.31. The van der Waals surface area contributed by atoms with E-state index >= 15 is 0 Å². The number of fused-ring (bicyclic) bond motifs is 7. The summed E-state index contributed by atoms with van der Waals surface area (Å²) in [7, 11) is 0. The summed E-state index contributed by atoms with van der Waals surface area (Å²) in [6.45, 7) is 0. The van der Waals surface area contributed by atoms with E-state index in [9.17, 15) is 0 Å². The maximum atomic E-state index is 2.39. The first-order chi connectivity index (χ1) is 18.8. The van der Waals surface area contributed by atoms with Crippen LogP contribution in [0.25, 0.3) is 86.5 Å². The van der Waals surface area contributed by atoms with Gasteiger partial charge in [-0.05, 0) is 105 Å². The quantitative estimate of drug-likeness (QED) is 0.163. The van der Waals surface area contributed by atoms with E-state index in [0.717, 1.165) is 0 Å². The summed E-state index contributed by atoms with van der Waals surface area (Å²) in [5.74, 6) is 0. The van der Waals surface area contributed by atoms with Gasteiger partial charge in [0, 0.05) is 0 Å². The van der Waals surface area contributed by atoms with Crippen molar-refractivity contribution in [3.05, 3.63) is 133 Å². The molecule has 0 atom stereocenters. The molecule has 0 saturated heterocycles. The van der Waals surface area contributed by atoms with E-state index < -0.39 is 0 Å². The Morgan fingerprint density at radius 1 is 0.237 bits per heavy atom. The van der Waals surface area contributed by atoms with Crippen molar-refractivity contribution in [1.82, 2.24) is 0 Å². The van der Waals surface area contributed by atoms with Crippen molar-refractivity contribution >= 4 is 75.4 Å². The van der Waals surface area contributed by atoms with Crippen LogP contribution in [-0.2, 0) is 0 Å². The first kappa shape index (κ1) is 20.2. The predicted octanol–water partition coefficient (Wildman–Crippen LogP) is 10.9. The molecule has 174 valence electrons. The molecule has 0 bridgehead atoms. The molecule has 9 aromatic carbocycles. The Labute approximate surface area is 219 Å². The third-order valence-corrected chi connectivity index (χ3v) is 8.54. The Morgan fingerprint density at radius 2 is 0.763 bits per heavy atom. The molecule has 9 rings (SSSR count). The van der Waals surface area contributed by atoms with Gasteiger partial charge in [0.15, 0.2) is 0 Å².